The van der Waals surface area contributed by atoms with Gasteiger partial charge in [-0.25, -0.2) is 0 Å². The van der Waals surface area contributed by atoms with Crippen LogP contribution >= 0.6 is 0 Å². The van der Waals surface area contributed by atoms with E-state index in [2.05, 4.69) is 20.5 Å². The van der Waals surface area contributed by atoms with Gasteiger partial charge in [-0.1, -0.05) is 30.3 Å². The average molecular weight is 294 g/mol. The lowest BCUT2D eigenvalue weighted by Gasteiger charge is -2.12. The minimum atomic E-state index is -0.546. The zero-order valence-electron chi connectivity index (χ0n) is 12.1. The highest BCUT2D eigenvalue weighted by molar-refractivity contribution is 5.62. The predicted octanol–water partition coefficient (Wildman–Crippen LogP) is 2.29. The van der Waals surface area contributed by atoms with Gasteiger partial charge in [-0.3, -0.25) is 10.1 Å². The van der Waals surface area contributed by atoms with Crippen LogP contribution < -0.4 is 5.32 Å². The summed E-state index contributed by atoms with van der Waals surface area (Å²) in [6.45, 7) is 1.12. The summed E-state index contributed by atoms with van der Waals surface area (Å²) >= 11 is 0. The number of nitrogens with zero attached hydrogens (tertiary/aromatic N) is 2. The van der Waals surface area contributed by atoms with Gasteiger partial charge in [0.2, 0.25) is 0 Å². The average Bonchev–Trinajstić information content (AvgIpc) is 3.05. The fourth-order valence-electron chi connectivity index (χ4n) is 2.35. The topological polar surface area (TPSA) is 73.8 Å². The van der Waals surface area contributed by atoms with Crippen molar-refractivity contribution in [2.24, 2.45) is 0 Å². The Kier molecular flexibility index (Phi) is 4.58. The molecule has 1 unspecified atom stereocenters. The van der Waals surface area contributed by atoms with Crippen molar-refractivity contribution in [3.63, 3.8) is 0 Å². The summed E-state index contributed by atoms with van der Waals surface area (Å²) in [5.74, 6) is 0. The van der Waals surface area contributed by atoms with Crippen LogP contribution in [0, 0.1) is 0 Å². The van der Waals surface area contributed by atoms with E-state index in [4.69, 9.17) is 0 Å². The van der Waals surface area contributed by atoms with Gasteiger partial charge in [0.1, 0.15) is 0 Å². The first-order valence-electron chi connectivity index (χ1n) is 7.21. The van der Waals surface area contributed by atoms with E-state index in [1.54, 1.807) is 12.4 Å². The number of nitrogens with one attached hydrogen (secondary N) is 2. The molecule has 2 aromatic heterocycles. The number of benzene rings is 1. The molecule has 0 saturated carbocycles. The minimum absolute atomic E-state index is 0.476. The molecule has 1 aromatic carbocycles. The van der Waals surface area contributed by atoms with Gasteiger partial charge in [-0.2, -0.15) is 5.10 Å². The lowest BCUT2D eigenvalue weighted by Crippen LogP contribution is -2.21. The molecular formula is C17H18N4O. The van der Waals surface area contributed by atoms with Crippen LogP contribution in [0.3, 0.4) is 0 Å². The number of hydrogen-bond acceptors (Lipinski definition) is 4. The van der Waals surface area contributed by atoms with E-state index in [0.717, 1.165) is 22.4 Å². The molecule has 0 aliphatic carbocycles. The Morgan fingerprint density at radius 1 is 1.09 bits per heavy atom. The number of rotatable bonds is 6. The van der Waals surface area contributed by atoms with E-state index < -0.39 is 6.10 Å². The fraction of sp³-hybridized carbons (Fsp3) is 0.176. The first-order chi connectivity index (χ1) is 10.8. The molecule has 3 N–H and O–H groups in total. The molecule has 0 amide bonds. The van der Waals surface area contributed by atoms with E-state index in [1.165, 1.54) is 0 Å². The maximum atomic E-state index is 10.1. The Labute approximate surface area is 129 Å². The number of aliphatic hydroxyl groups is 1. The summed E-state index contributed by atoms with van der Waals surface area (Å²) < 4.78 is 0. The van der Waals surface area contributed by atoms with Crippen LogP contribution in [0.1, 0.15) is 17.2 Å². The van der Waals surface area contributed by atoms with E-state index in [-0.39, 0.29) is 0 Å². The van der Waals surface area contributed by atoms with Crippen LogP contribution in [0.2, 0.25) is 0 Å². The third-order valence-electron chi connectivity index (χ3n) is 3.52. The van der Waals surface area contributed by atoms with Crippen molar-refractivity contribution in [3.8, 4) is 11.3 Å². The number of hydrogen-bond donors (Lipinski definition) is 3. The lowest BCUT2D eigenvalue weighted by atomic mass is 10.1. The van der Waals surface area contributed by atoms with Gasteiger partial charge in [-0.05, 0) is 23.3 Å². The molecule has 3 aromatic rings. The second kappa shape index (κ2) is 6.98. The quantitative estimate of drug-likeness (QED) is 0.652. The molecule has 0 bridgehead atoms. The Bertz CT molecular complexity index is 697. The second-order valence-corrected chi connectivity index (χ2v) is 5.06. The normalized spacial score (nSPS) is 12.2. The first-order valence-corrected chi connectivity index (χ1v) is 7.21. The monoisotopic (exact) mass is 294 g/mol. The van der Waals surface area contributed by atoms with Crippen LogP contribution in [0.15, 0.2) is 61.1 Å². The van der Waals surface area contributed by atoms with E-state index in [9.17, 15) is 5.11 Å². The highest BCUT2D eigenvalue weighted by Crippen LogP contribution is 2.20. The SMILES string of the molecule is OC(CNCc1cn[nH]c1-c1ccccc1)c1ccncc1. The number of H-pyrrole nitrogens is 1. The van der Waals surface area contributed by atoms with Crippen molar-refractivity contribution in [2.75, 3.05) is 6.54 Å². The van der Waals surface area contributed by atoms with Gasteiger partial charge in [0.25, 0.3) is 0 Å². The summed E-state index contributed by atoms with van der Waals surface area (Å²) in [5.41, 5.74) is 4.05. The Balaban J connectivity index is 1.60. The summed E-state index contributed by atoms with van der Waals surface area (Å²) in [5, 5.41) is 20.5. The molecular weight excluding hydrogens is 276 g/mol. The van der Waals surface area contributed by atoms with Gasteiger partial charge in [0.05, 0.1) is 18.0 Å². The van der Waals surface area contributed by atoms with Crippen molar-refractivity contribution in [1.82, 2.24) is 20.5 Å². The van der Waals surface area contributed by atoms with Crippen LogP contribution in [0.4, 0.5) is 0 Å². The lowest BCUT2D eigenvalue weighted by molar-refractivity contribution is 0.174. The molecule has 22 heavy (non-hydrogen) atoms. The van der Waals surface area contributed by atoms with Gasteiger partial charge in [0, 0.05) is 31.0 Å². The highest BCUT2D eigenvalue weighted by atomic mass is 16.3. The van der Waals surface area contributed by atoms with Gasteiger partial charge >= 0.3 is 0 Å². The number of aromatic amines is 1. The maximum Gasteiger partial charge on any atom is 0.0915 e. The summed E-state index contributed by atoms with van der Waals surface area (Å²) in [6.07, 6.45) is 4.63. The minimum Gasteiger partial charge on any atom is -0.387 e. The van der Waals surface area contributed by atoms with Crippen molar-refractivity contribution in [2.45, 2.75) is 12.6 Å². The van der Waals surface area contributed by atoms with Crippen LogP contribution in [0.5, 0.6) is 0 Å². The first kappa shape index (κ1) is 14.4. The zero-order valence-corrected chi connectivity index (χ0v) is 12.1. The molecule has 0 aliphatic heterocycles. The molecule has 0 fully saturated rings. The van der Waals surface area contributed by atoms with Gasteiger partial charge < -0.3 is 10.4 Å². The van der Waals surface area contributed by atoms with E-state index in [1.807, 2.05) is 48.7 Å². The number of pyridine rings is 1. The summed E-state index contributed by atoms with van der Waals surface area (Å²) in [6, 6.07) is 13.7. The number of aromatic nitrogens is 3. The summed E-state index contributed by atoms with van der Waals surface area (Å²) in [4.78, 5) is 3.95. The standard InChI is InChI=1S/C17H18N4O/c22-16(13-6-8-18-9-7-13)12-19-10-15-11-20-21-17(15)14-4-2-1-3-5-14/h1-9,11,16,19,22H,10,12H2,(H,20,21). The van der Waals surface area contributed by atoms with Gasteiger partial charge in [-0.15, -0.1) is 0 Å². The van der Waals surface area contributed by atoms with Crippen LogP contribution in [-0.4, -0.2) is 26.8 Å². The Morgan fingerprint density at radius 3 is 2.64 bits per heavy atom. The van der Waals surface area contributed by atoms with Crippen LogP contribution in [0.25, 0.3) is 11.3 Å². The van der Waals surface area contributed by atoms with Gasteiger partial charge in [0.15, 0.2) is 0 Å². The Morgan fingerprint density at radius 2 is 1.86 bits per heavy atom. The molecule has 5 heteroatoms. The fourth-order valence-corrected chi connectivity index (χ4v) is 2.35. The molecule has 5 nitrogen and oxygen atoms in total. The molecule has 3 rings (SSSR count). The predicted molar refractivity (Wildman–Crippen MR) is 84.9 cm³/mol. The molecule has 0 aliphatic rings. The summed E-state index contributed by atoms with van der Waals surface area (Å²) in [7, 11) is 0. The molecule has 0 radical (unpaired) electrons. The van der Waals surface area contributed by atoms with E-state index in [0.29, 0.717) is 13.1 Å². The largest absolute Gasteiger partial charge is 0.387 e. The van der Waals surface area contributed by atoms with Crippen LogP contribution in [-0.2, 0) is 6.54 Å². The van der Waals surface area contributed by atoms with Crippen molar-refractivity contribution < 1.29 is 5.11 Å². The highest BCUT2D eigenvalue weighted by Gasteiger charge is 2.09. The van der Waals surface area contributed by atoms with E-state index >= 15 is 0 Å². The third-order valence-corrected chi connectivity index (χ3v) is 3.52. The zero-order chi connectivity index (χ0) is 15.2. The molecule has 112 valence electrons. The third kappa shape index (κ3) is 3.39. The molecule has 2 heterocycles. The van der Waals surface area contributed by atoms with Crippen molar-refractivity contribution in [1.29, 1.82) is 0 Å². The number of aliphatic hydroxyl groups excluding tert-OH is 1. The molecule has 1 atom stereocenters. The second-order valence-electron chi connectivity index (χ2n) is 5.06. The van der Waals surface area contributed by atoms with Crippen molar-refractivity contribution >= 4 is 0 Å². The molecule has 0 spiro atoms. The smallest absolute Gasteiger partial charge is 0.0915 e. The maximum absolute atomic E-state index is 10.1. The van der Waals surface area contributed by atoms with Crippen molar-refractivity contribution in [3.05, 3.63) is 72.2 Å². The Hall–Kier alpha value is -2.50. The molecule has 0 saturated heterocycles.